The number of hydrogen-bond donors (Lipinski definition) is 0. The second-order valence-electron chi connectivity index (χ2n) is 6.25. The Morgan fingerprint density at radius 3 is 2.68 bits per heavy atom. The molecule has 2 aliphatic rings. The summed E-state index contributed by atoms with van der Waals surface area (Å²) in [5.41, 5.74) is 4.52. The highest BCUT2D eigenvalue weighted by molar-refractivity contribution is 9.10. The summed E-state index contributed by atoms with van der Waals surface area (Å²) in [6, 6.07) is 16.7. The van der Waals surface area contributed by atoms with Crippen molar-refractivity contribution >= 4 is 27.7 Å². The van der Waals surface area contributed by atoms with Crippen molar-refractivity contribution in [2.24, 2.45) is 0 Å². The average Bonchev–Trinajstić information content (AvgIpc) is 3.03. The van der Waals surface area contributed by atoms with Crippen LogP contribution in [-0.4, -0.2) is 24.2 Å². The number of benzene rings is 2. The number of fused-ring (bicyclic) bond motifs is 3. The molecule has 0 aliphatic carbocycles. The monoisotopic (exact) mass is 373 g/mol. The molecule has 0 N–H and O–H groups in total. The van der Waals surface area contributed by atoms with Crippen molar-refractivity contribution in [3.63, 3.8) is 0 Å². The maximum atomic E-state index is 3.66. The zero-order chi connectivity index (χ0) is 15.1. The van der Waals surface area contributed by atoms with Crippen molar-refractivity contribution in [3.05, 3.63) is 63.6 Å². The largest absolute Gasteiger partial charge is 0.295 e. The van der Waals surface area contributed by atoms with Gasteiger partial charge in [-0.05, 0) is 66.6 Å². The van der Waals surface area contributed by atoms with E-state index in [1.54, 1.807) is 0 Å². The van der Waals surface area contributed by atoms with Crippen LogP contribution in [0.3, 0.4) is 0 Å². The molecule has 0 amide bonds. The SMILES string of the molecule is CSc1ccc([C@@H]2CN3CCC[C@@H]3c3cc(Br)ccc32)cc1. The van der Waals surface area contributed by atoms with E-state index < -0.39 is 0 Å². The van der Waals surface area contributed by atoms with Gasteiger partial charge in [0.1, 0.15) is 0 Å². The summed E-state index contributed by atoms with van der Waals surface area (Å²) >= 11 is 5.47. The van der Waals surface area contributed by atoms with Crippen molar-refractivity contribution in [1.29, 1.82) is 0 Å². The van der Waals surface area contributed by atoms with Crippen LogP contribution in [-0.2, 0) is 0 Å². The molecule has 2 aromatic carbocycles. The van der Waals surface area contributed by atoms with Crippen LogP contribution in [0.4, 0.5) is 0 Å². The van der Waals surface area contributed by atoms with E-state index in [2.05, 4.69) is 69.6 Å². The van der Waals surface area contributed by atoms with Gasteiger partial charge in [-0.3, -0.25) is 4.90 Å². The maximum Gasteiger partial charge on any atom is 0.0352 e. The molecule has 0 spiro atoms. The van der Waals surface area contributed by atoms with Gasteiger partial charge in [-0.2, -0.15) is 0 Å². The van der Waals surface area contributed by atoms with E-state index in [0.717, 1.165) is 6.54 Å². The highest BCUT2D eigenvalue weighted by atomic mass is 79.9. The Morgan fingerprint density at radius 1 is 1.09 bits per heavy atom. The van der Waals surface area contributed by atoms with Crippen molar-refractivity contribution in [3.8, 4) is 0 Å². The minimum Gasteiger partial charge on any atom is -0.295 e. The van der Waals surface area contributed by atoms with Gasteiger partial charge in [-0.15, -0.1) is 11.8 Å². The van der Waals surface area contributed by atoms with Crippen LogP contribution < -0.4 is 0 Å². The van der Waals surface area contributed by atoms with Crippen LogP contribution in [0.15, 0.2) is 51.8 Å². The molecule has 0 saturated carbocycles. The molecule has 2 heterocycles. The summed E-state index contributed by atoms with van der Waals surface area (Å²) < 4.78 is 1.21. The number of rotatable bonds is 2. The highest BCUT2D eigenvalue weighted by Gasteiger charge is 2.36. The van der Waals surface area contributed by atoms with Gasteiger partial charge in [0.05, 0.1) is 0 Å². The molecule has 1 fully saturated rings. The maximum absolute atomic E-state index is 3.66. The smallest absolute Gasteiger partial charge is 0.0352 e. The Hall–Kier alpha value is -0.770. The Morgan fingerprint density at radius 2 is 1.91 bits per heavy atom. The summed E-state index contributed by atoms with van der Waals surface area (Å²) in [6.07, 6.45) is 4.77. The van der Waals surface area contributed by atoms with Crippen LogP contribution in [0.5, 0.6) is 0 Å². The van der Waals surface area contributed by atoms with E-state index >= 15 is 0 Å². The molecular weight excluding hydrogens is 354 g/mol. The van der Waals surface area contributed by atoms with Crippen LogP contribution in [0, 0.1) is 0 Å². The van der Waals surface area contributed by atoms with E-state index in [1.807, 2.05) is 11.8 Å². The van der Waals surface area contributed by atoms with Gasteiger partial charge in [0.2, 0.25) is 0 Å². The normalized spacial score (nSPS) is 24.1. The fourth-order valence-corrected chi connectivity index (χ4v) is 4.79. The summed E-state index contributed by atoms with van der Waals surface area (Å²) in [4.78, 5) is 4.02. The lowest BCUT2D eigenvalue weighted by molar-refractivity contribution is 0.230. The van der Waals surface area contributed by atoms with E-state index in [1.165, 1.54) is 45.4 Å². The molecular formula is C19H20BrNS. The number of halogens is 1. The van der Waals surface area contributed by atoms with Crippen LogP contribution >= 0.6 is 27.7 Å². The van der Waals surface area contributed by atoms with Crippen molar-refractivity contribution < 1.29 is 0 Å². The molecule has 114 valence electrons. The molecule has 2 aliphatic heterocycles. The molecule has 3 heteroatoms. The zero-order valence-electron chi connectivity index (χ0n) is 12.8. The first kappa shape index (κ1) is 14.8. The number of nitrogens with zero attached hydrogens (tertiary/aromatic N) is 1. The first-order chi connectivity index (χ1) is 10.8. The quantitative estimate of drug-likeness (QED) is 0.643. The Balaban J connectivity index is 1.78. The Kier molecular flexibility index (Phi) is 4.05. The van der Waals surface area contributed by atoms with E-state index in [-0.39, 0.29) is 0 Å². The fraction of sp³-hybridized carbons (Fsp3) is 0.368. The minimum atomic E-state index is 0.508. The van der Waals surface area contributed by atoms with Gasteiger partial charge in [0.25, 0.3) is 0 Å². The third-order valence-corrected chi connectivity index (χ3v) is 6.32. The topological polar surface area (TPSA) is 3.24 Å². The van der Waals surface area contributed by atoms with Gasteiger partial charge in [0.15, 0.2) is 0 Å². The van der Waals surface area contributed by atoms with Crippen molar-refractivity contribution in [2.75, 3.05) is 19.3 Å². The molecule has 1 saturated heterocycles. The highest BCUT2D eigenvalue weighted by Crippen LogP contribution is 2.45. The molecule has 22 heavy (non-hydrogen) atoms. The third kappa shape index (κ3) is 2.53. The Labute approximate surface area is 145 Å². The van der Waals surface area contributed by atoms with Crippen molar-refractivity contribution in [2.45, 2.75) is 29.7 Å². The molecule has 0 unspecified atom stereocenters. The molecule has 2 atom stereocenters. The predicted octanol–water partition coefficient (Wildman–Crippen LogP) is 5.45. The van der Waals surface area contributed by atoms with Gasteiger partial charge in [-0.25, -0.2) is 0 Å². The lowest BCUT2D eigenvalue weighted by atomic mass is 9.82. The van der Waals surface area contributed by atoms with Crippen LogP contribution in [0.2, 0.25) is 0 Å². The summed E-state index contributed by atoms with van der Waals surface area (Å²) in [5.74, 6) is 0.508. The first-order valence-electron chi connectivity index (χ1n) is 7.93. The molecule has 0 radical (unpaired) electrons. The first-order valence-corrected chi connectivity index (χ1v) is 9.95. The van der Waals surface area contributed by atoms with E-state index in [0.29, 0.717) is 12.0 Å². The summed E-state index contributed by atoms with van der Waals surface area (Å²) in [7, 11) is 0. The van der Waals surface area contributed by atoms with Gasteiger partial charge in [0, 0.05) is 27.9 Å². The molecule has 0 bridgehead atoms. The second-order valence-corrected chi connectivity index (χ2v) is 8.05. The van der Waals surface area contributed by atoms with Gasteiger partial charge < -0.3 is 0 Å². The third-order valence-electron chi connectivity index (χ3n) is 5.08. The van der Waals surface area contributed by atoms with Crippen LogP contribution in [0.25, 0.3) is 0 Å². The van der Waals surface area contributed by atoms with E-state index in [9.17, 15) is 0 Å². The summed E-state index contributed by atoms with van der Waals surface area (Å²) in [5, 5.41) is 0. The second kappa shape index (κ2) is 6.03. The average molecular weight is 374 g/mol. The Bertz CT molecular complexity index is 682. The number of thioether (sulfide) groups is 1. The van der Waals surface area contributed by atoms with Crippen molar-refractivity contribution in [1.82, 2.24) is 4.90 Å². The standard InChI is InChI=1S/C19H20BrNS/c1-22-15-7-4-13(5-8-15)18-12-21-10-2-3-19(21)17-11-14(20)6-9-16(17)18/h4-9,11,18-19H,2-3,10,12H2,1H3/t18-,19+/m0/s1. The molecule has 4 rings (SSSR count). The molecule has 1 nitrogen and oxygen atoms in total. The zero-order valence-corrected chi connectivity index (χ0v) is 15.2. The molecule has 0 aromatic heterocycles. The lowest BCUT2D eigenvalue weighted by Gasteiger charge is -2.37. The fourth-order valence-electron chi connectivity index (χ4n) is 4.00. The minimum absolute atomic E-state index is 0.508. The number of hydrogen-bond acceptors (Lipinski definition) is 2. The predicted molar refractivity (Wildman–Crippen MR) is 97.8 cm³/mol. The van der Waals surface area contributed by atoms with Gasteiger partial charge >= 0.3 is 0 Å². The van der Waals surface area contributed by atoms with E-state index in [4.69, 9.17) is 0 Å². The van der Waals surface area contributed by atoms with Gasteiger partial charge in [-0.1, -0.05) is 34.1 Å². The van der Waals surface area contributed by atoms with Crippen LogP contribution in [0.1, 0.15) is 41.5 Å². The lowest BCUT2D eigenvalue weighted by Crippen LogP contribution is -2.34. The molecule has 2 aromatic rings. The summed E-state index contributed by atoms with van der Waals surface area (Å²) in [6.45, 7) is 2.41.